The summed E-state index contributed by atoms with van der Waals surface area (Å²) in [5.74, 6) is -0.784. The number of nitrogens with zero attached hydrogens (tertiary/aromatic N) is 1. The third-order valence-corrected chi connectivity index (χ3v) is 15.6. The second-order valence-electron chi connectivity index (χ2n) is 23.5. The van der Waals surface area contributed by atoms with Crippen molar-refractivity contribution in [2.75, 3.05) is 47.5 Å². The molecule has 0 saturated carbocycles. The Morgan fingerprint density at radius 2 is 0.740 bits per heavy atom. The topological polar surface area (TPSA) is 108 Å². The fourth-order valence-electron chi connectivity index (χ4n) is 9.60. The van der Waals surface area contributed by atoms with Gasteiger partial charge in [-0.05, 0) is 51.4 Å². The van der Waals surface area contributed by atoms with E-state index in [4.69, 9.17) is 18.5 Å². The molecule has 9 nitrogen and oxygen atoms in total. The second kappa shape index (κ2) is 58.6. The lowest BCUT2D eigenvalue weighted by Crippen LogP contribution is -2.37. The summed E-state index contributed by atoms with van der Waals surface area (Å²) in [7, 11) is 1.49. The van der Waals surface area contributed by atoms with Crippen molar-refractivity contribution >= 4 is 19.8 Å². The van der Waals surface area contributed by atoms with Gasteiger partial charge in [-0.15, -0.1) is 0 Å². The molecule has 0 aliphatic carbocycles. The molecule has 0 spiro atoms. The van der Waals surface area contributed by atoms with Crippen LogP contribution in [0.4, 0.5) is 0 Å². The van der Waals surface area contributed by atoms with E-state index < -0.39 is 26.5 Å². The maximum Gasteiger partial charge on any atom is 0.472 e. The summed E-state index contributed by atoms with van der Waals surface area (Å²) in [5, 5.41) is 0. The van der Waals surface area contributed by atoms with Crippen LogP contribution in [-0.4, -0.2) is 74.9 Å². The van der Waals surface area contributed by atoms with Crippen molar-refractivity contribution in [2.24, 2.45) is 0 Å². The molecule has 0 saturated heterocycles. The fraction of sp³-hybridized carbons (Fsp3) is 0.851. The lowest BCUT2D eigenvalue weighted by molar-refractivity contribution is -0.870. The van der Waals surface area contributed by atoms with Gasteiger partial charge >= 0.3 is 19.8 Å². The van der Waals surface area contributed by atoms with Crippen molar-refractivity contribution in [3.8, 4) is 0 Å². The minimum atomic E-state index is -4.39. The monoisotopic (exact) mass is 1100 g/mol. The lowest BCUT2D eigenvalue weighted by atomic mass is 10.0. The predicted octanol–water partition coefficient (Wildman–Crippen LogP) is 20.9. The van der Waals surface area contributed by atoms with Gasteiger partial charge in [0.05, 0.1) is 27.7 Å². The molecule has 0 bridgehead atoms. The molecule has 0 aliphatic rings. The van der Waals surface area contributed by atoms with Gasteiger partial charge in [0.25, 0.3) is 0 Å². The molecule has 1 N–H and O–H groups in total. The minimum absolute atomic E-state index is 0.0323. The molecular weight excluding hydrogens is 978 g/mol. The van der Waals surface area contributed by atoms with Gasteiger partial charge in [0, 0.05) is 12.8 Å². The Bertz CT molecular complexity index is 1440. The second-order valence-corrected chi connectivity index (χ2v) is 24.9. The number of hydrogen-bond acceptors (Lipinski definition) is 7. The van der Waals surface area contributed by atoms with E-state index in [-0.39, 0.29) is 25.6 Å². The van der Waals surface area contributed by atoms with Crippen molar-refractivity contribution in [3.05, 3.63) is 48.6 Å². The summed E-state index contributed by atoms with van der Waals surface area (Å²) >= 11 is 0. The molecule has 2 unspecified atom stereocenters. The van der Waals surface area contributed by atoms with Crippen LogP contribution in [-0.2, 0) is 32.7 Å². The molecule has 0 heterocycles. The van der Waals surface area contributed by atoms with Crippen LogP contribution < -0.4 is 0 Å². The van der Waals surface area contributed by atoms with E-state index in [0.29, 0.717) is 23.9 Å². The molecule has 77 heavy (non-hydrogen) atoms. The smallest absolute Gasteiger partial charge is 0.462 e. The summed E-state index contributed by atoms with van der Waals surface area (Å²) in [6.45, 7) is 4.38. The molecule has 2 atom stereocenters. The highest BCUT2D eigenvalue weighted by Gasteiger charge is 2.27. The largest absolute Gasteiger partial charge is 0.472 e. The van der Waals surface area contributed by atoms with Crippen LogP contribution in [0.2, 0.25) is 0 Å². The van der Waals surface area contributed by atoms with E-state index >= 15 is 0 Å². The number of esters is 2. The third-order valence-electron chi connectivity index (χ3n) is 14.6. The fourth-order valence-corrected chi connectivity index (χ4v) is 10.3. The van der Waals surface area contributed by atoms with Gasteiger partial charge in [-0.25, -0.2) is 4.57 Å². The van der Waals surface area contributed by atoms with Crippen LogP contribution in [0.1, 0.15) is 316 Å². The number of allylic oxidation sites excluding steroid dienone is 8. The van der Waals surface area contributed by atoms with Crippen molar-refractivity contribution in [2.45, 2.75) is 322 Å². The van der Waals surface area contributed by atoms with Gasteiger partial charge in [-0.1, -0.05) is 300 Å². The van der Waals surface area contributed by atoms with E-state index in [1.165, 1.54) is 218 Å². The van der Waals surface area contributed by atoms with Gasteiger partial charge < -0.3 is 18.9 Å². The molecule has 0 aromatic rings. The summed E-state index contributed by atoms with van der Waals surface area (Å²) in [4.78, 5) is 35.8. The number of phosphoric acid groups is 1. The number of phosphoric ester groups is 1. The number of rotatable bonds is 61. The van der Waals surface area contributed by atoms with E-state index in [1.807, 2.05) is 21.1 Å². The summed E-state index contributed by atoms with van der Waals surface area (Å²) in [5.41, 5.74) is 0. The molecule has 0 rings (SSSR count). The number of hydrogen-bond donors (Lipinski definition) is 1. The Morgan fingerprint density at radius 1 is 0.416 bits per heavy atom. The van der Waals surface area contributed by atoms with Crippen LogP contribution in [0.5, 0.6) is 0 Å². The quantitative estimate of drug-likeness (QED) is 0.0211. The number of unbranched alkanes of at least 4 members (excludes halogenated alkanes) is 39. The van der Waals surface area contributed by atoms with Crippen LogP contribution in [0.25, 0.3) is 0 Å². The summed E-state index contributed by atoms with van der Waals surface area (Å²) < 4.78 is 34.7. The molecular formula is C67H127NO8P+. The first-order chi connectivity index (χ1) is 37.5. The summed E-state index contributed by atoms with van der Waals surface area (Å²) in [6, 6.07) is 0. The van der Waals surface area contributed by atoms with Gasteiger partial charge in [-0.3, -0.25) is 18.6 Å². The van der Waals surface area contributed by atoms with Crippen LogP contribution in [0.3, 0.4) is 0 Å². The Kier molecular flexibility index (Phi) is 57.1. The number of likely N-dealkylation sites (N-methyl/N-ethyl adjacent to an activating group) is 1. The number of ether oxygens (including phenoxy) is 2. The van der Waals surface area contributed by atoms with E-state index in [2.05, 4.69) is 62.5 Å². The molecule has 0 aromatic heterocycles. The van der Waals surface area contributed by atoms with Gasteiger partial charge in [-0.2, -0.15) is 0 Å². The Hall–Kier alpha value is -2.03. The van der Waals surface area contributed by atoms with Gasteiger partial charge in [0.2, 0.25) is 0 Å². The van der Waals surface area contributed by atoms with Crippen LogP contribution in [0.15, 0.2) is 48.6 Å². The number of quaternary nitrogens is 1. The number of carbonyl (C=O) groups is 2. The van der Waals surface area contributed by atoms with Crippen molar-refractivity contribution in [1.29, 1.82) is 0 Å². The molecule has 452 valence electrons. The van der Waals surface area contributed by atoms with Crippen LogP contribution >= 0.6 is 7.82 Å². The zero-order valence-corrected chi connectivity index (χ0v) is 52.4. The van der Waals surface area contributed by atoms with Gasteiger partial charge in [0.1, 0.15) is 19.8 Å². The Morgan fingerprint density at radius 3 is 1.10 bits per heavy atom. The lowest BCUT2D eigenvalue weighted by Gasteiger charge is -2.24. The highest BCUT2D eigenvalue weighted by Crippen LogP contribution is 2.43. The molecule has 0 fully saturated rings. The zero-order valence-electron chi connectivity index (χ0n) is 51.5. The SMILES string of the molecule is CC/C=C\C/C=C\C/C=C\C/C=C\CCCCCCCCCCCCCCC(=O)OC(COC(=O)CCCCCCCCCCCCCCCCCCCCCCCCCCCCCC)COP(=O)(O)OCC[N+](C)(C)C. The molecule has 0 radical (unpaired) electrons. The third kappa shape index (κ3) is 63.0. The average Bonchev–Trinajstić information content (AvgIpc) is 3.39. The summed E-state index contributed by atoms with van der Waals surface area (Å²) in [6.07, 6.45) is 74.9. The van der Waals surface area contributed by atoms with E-state index in [0.717, 1.165) is 64.2 Å². The highest BCUT2D eigenvalue weighted by atomic mass is 31.2. The van der Waals surface area contributed by atoms with Crippen LogP contribution in [0, 0.1) is 0 Å². The Balaban J connectivity index is 4.05. The van der Waals surface area contributed by atoms with E-state index in [9.17, 15) is 19.0 Å². The number of carbonyl (C=O) groups excluding carboxylic acids is 2. The standard InChI is InChI=1S/C67H126NO8P/c1-6-8-10-12-14-16-18-20-22-24-26-28-30-32-33-34-36-37-39-41-43-45-47-49-51-53-55-57-59-66(69)73-63-65(64-75-77(71,72)74-62-61-68(3,4)5)76-67(70)60-58-56-54-52-50-48-46-44-42-40-38-35-31-29-27-25-23-21-19-17-15-13-11-9-7-2/h9,11,15,17,21,23,27,29,65H,6-8,10,12-14,16,18-20,22,24-26,28,30-64H2,1-5H3/p+1/b11-9-,17-15-,23-21-,29-27-. The first kappa shape index (κ1) is 75.0. The maximum atomic E-state index is 12.9. The highest BCUT2D eigenvalue weighted by molar-refractivity contribution is 7.47. The van der Waals surface area contributed by atoms with E-state index in [1.54, 1.807) is 0 Å². The molecule has 0 amide bonds. The zero-order chi connectivity index (χ0) is 56.3. The van der Waals surface area contributed by atoms with Crippen molar-refractivity contribution < 1.29 is 42.1 Å². The first-order valence-electron chi connectivity index (χ1n) is 32.9. The predicted molar refractivity (Wildman–Crippen MR) is 330 cm³/mol. The van der Waals surface area contributed by atoms with Crippen molar-refractivity contribution in [1.82, 2.24) is 0 Å². The molecule has 0 aliphatic heterocycles. The average molecular weight is 1110 g/mol. The molecule has 10 heteroatoms. The van der Waals surface area contributed by atoms with Gasteiger partial charge in [0.15, 0.2) is 6.10 Å². The molecule has 0 aromatic carbocycles. The first-order valence-corrected chi connectivity index (χ1v) is 34.4. The maximum absolute atomic E-state index is 12.9. The Labute approximate surface area is 477 Å². The minimum Gasteiger partial charge on any atom is -0.462 e. The van der Waals surface area contributed by atoms with Crippen molar-refractivity contribution in [3.63, 3.8) is 0 Å². The normalized spacial score (nSPS) is 13.5.